The van der Waals surface area contributed by atoms with E-state index in [-0.39, 0.29) is 6.61 Å². The molecular formula is C10H12N4O4. The maximum atomic E-state index is 9.93. The third-order valence-electron chi connectivity index (χ3n) is 3.03. The third-order valence-corrected chi connectivity index (χ3v) is 3.03. The molecule has 3 aliphatic rings. The average molecular weight is 252 g/mol. The maximum absolute atomic E-state index is 9.93. The molecule has 0 spiro atoms. The molecule has 3 aliphatic heterocycles. The van der Waals surface area contributed by atoms with Gasteiger partial charge in [0.05, 0.1) is 19.1 Å². The van der Waals surface area contributed by atoms with Crippen LogP contribution in [0, 0.1) is 0 Å². The molecule has 3 heterocycles. The molecule has 3 rings (SSSR count). The molecule has 96 valence electrons. The van der Waals surface area contributed by atoms with E-state index in [2.05, 4.69) is 15.0 Å². The molecule has 8 heteroatoms. The van der Waals surface area contributed by atoms with Crippen molar-refractivity contribution in [2.24, 2.45) is 0 Å². The zero-order valence-corrected chi connectivity index (χ0v) is 9.29. The fourth-order valence-electron chi connectivity index (χ4n) is 2.09. The molecule has 0 saturated carbocycles. The Labute approximate surface area is 102 Å². The van der Waals surface area contributed by atoms with Crippen LogP contribution in [0.25, 0.3) is 11.5 Å². The van der Waals surface area contributed by atoms with Crippen molar-refractivity contribution in [3.63, 3.8) is 0 Å². The highest BCUT2D eigenvalue weighted by Crippen LogP contribution is 2.31. The second-order valence-electron chi connectivity index (χ2n) is 4.11. The highest BCUT2D eigenvalue weighted by molar-refractivity contribution is 5.48. The summed E-state index contributed by atoms with van der Waals surface area (Å²) in [6.45, 7) is -0.370. The lowest BCUT2D eigenvalue weighted by molar-refractivity contribution is -0.0529. The lowest BCUT2D eigenvalue weighted by atomic mass is 10.1. The van der Waals surface area contributed by atoms with Crippen LogP contribution in [0.3, 0.4) is 0 Å². The first-order valence-electron chi connectivity index (χ1n) is 5.47. The molecule has 0 bridgehead atoms. The average Bonchev–Trinajstić information content (AvgIpc) is 2.96. The highest BCUT2D eigenvalue weighted by Gasteiger charge is 2.44. The maximum Gasteiger partial charge on any atom is 0.165 e. The van der Waals surface area contributed by atoms with E-state index in [4.69, 9.17) is 9.84 Å². The lowest BCUT2D eigenvalue weighted by Gasteiger charge is -2.19. The number of hydrogen-bond acceptors (Lipinski definition) is 7. The van der Waals surface area contributed by atoms with Crippen molar-refractivity contribution in [2.45, 2.75) is 24.5 Å². The van der Waals surface area contributed by atoms with Gasteiger partial charge < -0.3 is 20.1 Å². The van der Waals surface area contributed by atoms with Crippen LogP contribution >= 0.6 is 0 Å². The van der Waals surface area contributed by atoms with Gasteiger partial charge >= 0.3 is 0 Å². The number of nitrogens with zero attached hydrogens (tertiary/aromatic N) is 4. The summed E-state index contributed by atoms with van der Waals surface area (Å²) >= 11 is 0. The number of rotatable bonds is 2. The van der Waals surface area contributed by atoms with Crippen molar-refractivity contribution >= 4 is 0 Å². The summed E-state index contributed by atoms with van der Waals surface area (Å²) < 4.78 is 6.90. The zero-order valence-electron chi connectivity index (χ0n) is 9.29. The third kappa shape index (κ3) is 1.58. The Morgan fingerprint density at radius 3 is 2.83 bits per heavy atom. The van der Waals surface area contributed by atoms with Crippen LogP contribution in [-0.4, -0.2) is 59.8 Å². The van der Waals surface area contributed by atoms with Gasteiger partial charge in [-0.25, -0.2) is 15.0 Å². The molecule has 0 aromatic heterocycles. The van der Waals surface area contributed by atoms with Gasteiger partial charge in [-0.3, -0.25) is 4.57 Å². The molecule has 1 saturated heterocycles. The zero-order chi connectivity index (χ0) is 12.7. The fraction of sp³-hybridized carbons (Fsp3) is 0.500. The Morgan fingerprint density at radius 2 is 2.11 bits per heavy atom. The quantitative estimate of drug-likeness (QED) is 0.589. The molecule has 0 aliphatic carbocycles. The van der Waals surface area contributed by atoms with Gasteiger partial charge in [0.2, 0.25) is 0 Å². The number of imidazole rings is 1. The smallest absolute Gasteiger partial charge is 0.165 e. The first-order valence-corrected chi connectivity index (χ1v) is 5.47. The van der Waals surface area contributed by atoms with Gasteiger partial charge in [-0.15, -0.1) is 0 Å². The fourth-order valence-corrected chi connectivity index (χ4v) is 2.09. The van der Waals surface area contributed by atoms with Crippen LogP contribution in [0.2, 0.25) is 0 Å². The minimum atomic E-state index is -1.16. The van der Waals surface area contributed by atoms with Crippen LogP contribution in [0.1, 0.15) is 6.23 Å². The van der Waals surface area contributed by atoms with Crippen molar-refractivity contribution in [1.29, 1.82) is 0 Å². The molecular weight excluding hydrogens is 240 g/mol. The summed E-state index contributed by atoms with van der Waals surface area (Å²) in [5.41, 5.74) is 0.565. The van der Waals surface area contributed by atoms with E-state index in [0.717, 1.165) is 0 Å². The van der Waals surface area contributed by atoms with Gasteiger partial charge in [-0.1, -0.05) is 0 Å². The number of aliphatic hydroxyl groups is 3. The number of fused-ring (bicyclic) bond motifs is 1. The Hall–Kier alpha value is -1.61. The topological polar surface area (TPSA) is 114 Å². The summed E-state index contributed by atoms with van der Waals surface area (Å²) in [5, 5.41) is 28.7. The van der Waals surface area contributed by atoms with Crippen molar-refractivity contribution in [2.75, 3.05) is 6.61 Å². The summed E-state index contributed by atoms with van der Waals surface area (Å²) in [7, 11) is 0. The van der Waals surface area contributed by atoms with Crippen LogP contribution in [-0.2, 0) is 4.74 Å². The summed E-state index contributed by atoms with van der Waals surface area (Å²) in [5.74, 6) is 0.500. The molecule has 0 aromatic rings. The molecule has 8 nitrogen and oxygen atoms in total. The number of aliphatic hydroxyl groups excluding tert-OH is 3. The lowest BCUT2D eigenvalue weighted by Crippen LogP contribution is -2.33. The molecule has 0 aromatic carbocycles. The number of aromatic nitrogens is 4. The van der Waals surface area contributed by atoms with Gasteiger partial charge in [0.1, 0.15) is 30.3 Å². The number of ether oxygens (including phenoxy) is 1. The normalized spacial score (nSPS) is 32.2. The first kappa shape index (κ1) is 11.5. The largest absolute Gasteiger partial charge is 0.394 e. The van der Waals surface area contributed by atoms with Crippen LogP contribution in [0.4, 0.5) is 0 Å². The molecule has 1 fully saturated rings. The van der Waals surface area contributed by atoms with Gasteiger partial charge in [0.15, 0.2) is 12.1 Å². The van der Waals surface area contributed by atoms with E-state index in [1.807, 2.05) is 0 Å². The molecule has 0 radical (unpaired) electrons. The second-order valence-corrected chi connectivity index (χ2v) is 4.11. The van der Waals surface area contributed by atoms with E-state index in [1.165, 1.54) is 17.2 Å². The van der Waals surface area contributed by atoms with Gasteiger partial charge in [0.25, 0.3) is 0 Å². The van der Waals surface area contributed by atoms with Crippen molar-refractivity contribution in [3.05, 3.63) is 18.9 Å². The van der Waals surface area contributed by atoms with E-state index in [0.29, 0.717) is 11.5 Å². The minimum Gasteiger partial charge on any atom is -0.394 e. The van der Waals surface area contributed by atoms with Gasteiger partial charge in [-0.05, 0) is 0 Å². The Kier molecular flexibility index (Phi) is 2.71. The van der Waals surface area contributed by atoms with Crippen molar-refractivity contribution < 1.29 is 20.1 Å². The molecule has 3 N–H and O–H groups in total. The van der Waals surface area contributed by atoms with Crippen LogP contribution in [0.15, 0.2) is 18.9 Å². The predicted octanol–water partition coefficient (Wildman–Crippen LogP) is -1.61. The molecule has 0 amide bonds. The Bertz CT molecular complexity index is 519. The monoisotopic (exact) mass is 252 g/mol. The van der Waals surface area contributed by atoms with E-state index in [9.17, 15) is 10.2 Å². The standard InChI is InChI=1S/C10H12N4O4/c15-2-6-7(16)8(17)10(18-6)14-4-11-1-5-9(14)13-3-12-5/h1,3-4,6-8,10,15-17H,2H2/t6-,7-,8-,10?/m1/s1. The number of hydrogen-bond donors (Lipinski definition) is 3. The summed E-state index contributed by atoms with van der Waals surface area (Å²) in [6, 6.07) is 0. The molecule has 4 atom stereocenters. The second kappa shape index (κ2) is 4.25. The van der Waals surface area contributed by atoms with Crippen LogP contribution < -0.4 is 0 Å². The van der Waals surface area contributed by atoms with Crippen molar-refractivity contribution in [1.82, 2.24) is 19.5 Å². The SMILES string of the molecule is OC[C@H]1OC(n2cncc3ncnc2-3)[C@H](O)[C@@H]1O. The minimum absolute atomic E-state index is 0.370. The first-order chi connectivity index (χ1) is 8.72. The Balaban J connectivity index is 1.98. The predicted molar refractivity (Wildman–Crippen MR) is 57.4 cm³/mol. The van der Waals surface area contributed by atoms with Crippen LogP contribution in [0.5, 0.6) is 0 Å². The van der Waals surface area contributed by atoms with E-state index >= 15 is 0 Å². The van der Waals surface area contributed by atoms with E-state index in [1.54, 1.807) is 6.20 Å². The van der Waals surface area contributed by atoms with Crippen molar-refractivity contribution in [3.8, 4) is 11.5 Å². The summed E-state index contributed by atoms with van der Waals surface area (Å²) in [4.78, 5) is 12.0. The van der Waals surface area contributed by atoms with E-state index < -0.39 is 24.5 Å². The summed E-state index contributed by atoms with van der Waals surface area (Å²) in [6.07, 6.45) is 0.393. The van der Waals surface area contributed by atoms with Gasteiger partial charge in [-0.2, -0.15) is 0 Å². The Morgan fingerprint density at radius 1 is 1.28 bits per heavy atom. The van der Waals surface area contributed by atoms with Gasteiger partial charge in [0, 0.05) is 0 Å². The highest BCUT2D eigenvalue weighted by atomic mass is 16.6. The molecule has 1 unspecified atom stereocenters. The molecule has 18 heavy (non-hydrogen) atoms.